The van der Waals surface area contributed by atoms with E-state index in [1.165, 1.54) is 12.1 Å². The van der Waals surface area contributed by atoms with Crippen LogP contribution in [0.5, 0.6) is 5.75 Å². The molecule has 7 heteroatoms. The van der Waals surface area contributed by atoms with Gasteiger partial charge in [0.1, 0.15) is 6.61 Å². The van der Waals surface area contributed by atoms with Crippen molar-refractivity contribution in [2.24, 2.45) is 0 Å². The van der Waals surface area contributed by atoms with Crippen molar-refractivity contribution >= 4 is 28.9 Å². The molecule has 0 spiro atoms. The van der Waals surface area contributed by atoms with Crippen molar-refractivity contribution in [2.75, 3.05) is 0 Å². The number of hydrogen-bond donors (Lipinski definition) is 0. The van der Waals surface area contributed by atoms with Crippen molar-refractivity contribution in [3.05, 3.63) is 67.7 Å². The van der Waals surface area contributed by atoms with Crippen molar-refractivity contribution in [2.45, 2.75) is 6.61 Å². The molecule has 0 aliphatic heterocycles. The van der Waals surface area contributed by atoms with Crippen molar-refractivity contribution in [3.63, 3.8) is 0 Å². The van der Waals surface area contributed by atoms with Crippen LogP contribution < -0.4 is 4.74 Å². The molecule has 21 heavy (non-hydrogen) atoms. The Balaban J connectivity index is 2.16. The molecule has 0 heterocycles. The third-order valence-corrected chi connectivity index (χ3v) is 3.22. The van der Waals surface area contributed by atoms with E-state index in [9.17, 15) is 10.1 Å². The number of rotatable bonds is 4. The first-order valence-corrected chi connectivity index (χ1v) is 6.52. The average Bonchev–Trinajstić information content (AvgIpc) is 2.46. The van der Waals surface area contributed by atoms with Crippen LogP contribution in [0, 0.1) is 21.4 Å². The molecule has 0 amide bonds. The Labute approximate surface area is 130 Å². The molecule has 2 aromatic carbocycles. The molecule has 2 rings (SSSR count). The summed E-state index contributed by atoms with van der Waals surface area (Å²) in [6, 6.07) is 11.2. The standard InChI is InChI=1S/C14H8Cl2N2O3/c15-12-5-11(18(19)20)6-13(16)14(12)21-8-10-3-1-9(7-17)2-4-10/h1-6H,8H2. The van der Waals surface area contributed by atoms with Crippen molar-refractivity contribution in [1.82, 2.24) is 0 Å². The molecular weight excluding hydrogens is 315 g/mol. The number of nitro benzene ring substituents is 1. The van der Waals surface area contributed by atoms with Gasteiger partial charge in [-0.15, -0.1) is 0 Å². The SMILES string of the molecule is N#Cc1ccc(COc2c(Cl)cc([N+](=O)[O-])cc2Cl)cc1. The number of ether oxygens (including phenoxy) is 1. The van der Waals surface area contributed by atoms with E-state index in [1.54, 1.807) is 24.3 Å². The molecule has 0 saturated carbocycles. The maximum absolute atomic E-state index is 10.7. The number of nitro groups is 1. The van der Waals surface area contributed by atoms with E-state index in [4.69, 9.17) is 33.2 Å². The Bertz CT molecular complexity index is 701. The Hall–Kier alpha value is -2.29. The molecule has 5 nitrogen and oxygen atoms in total. The van der Waals surface area contributed by atoms with E-state index in [-0.39, 0.29) is 28.1 Å². The summed E-state index contributed by atoms with van der Waals surface area (Å²) in [6.45, 7) is 0.183. The van der Waals surface area contributed by atoms with Gasteiger partial charge >= 0.3 is 0 Å². The zero-order valence-electron chi connectivity index (χ0n) is 10.5. The summed E-state index contributed by atoms with van der Waals surface area (Å²) in [4.78, 5) is 10.1. The fourth-order valence-electron chi connectivity index (χ4n) is 1.62. The normalized spacial score (nSPS) is 9.95. The lowest BCUT2D eigenvalue weighted by atomic mass is 10.1. The first kappa shape index (κ1) is 15.1. The monoisotopic (exact) mass is 322 g/mol. The van der Waals surface area contributed by atoms with Crippen LogP contribution in [0.3, 0.4) is 0 Å². The van der Waals surface area contributed by atoms with Gasteiger partial charge in [-0.2, -0.15) is 5.26 Å². The van der Waals surface area contributed by atoms with E-state index in [2.05, 4.69) is 0 Å². The Morgan fingerprint density at radius 1 is 1.19 bits per heavy atom. The average molecular weight is 323 g/mol. The van der Waals surface area contributed by atoms with Crippen LogP contribution in [0.4, 0.5) is 5.69 Å². The molecule has 0 atom stereocenters. The highest BCUT2D eigenvalue weighted by molar-refractivity contribution is 6.37. The lowest BCUT2D eigenvalue weighted by Gasteiger charge is -2.10. The topological polar surface area (TPSA) is 76.2 Å². The van der Waals surface area contributed by atoms with Crippen LogP contribution in [0.1, 0.15) is 11.1 Å². The minimum absolute atomic E-state index is 0.0721. The quantitative estimate of drug-likeness (QED) is 0.619. The van der Waals surface area contributed by atoms with Gasteiger partial charge in [-0.25, -0.2) is 0 Å². The minimum atomic E-state index is -0.581. The number of nitrogens with zero attached hydrogens (tertiary/aromatic N) is 2. The third kappa shape index (κ3) is 3.63. The summed E-state index contributed by atoms with van der Waals surface area (Å²) >= 11 is 11.9. The first-order valence-electron chi connectivity index (χ1n) is 5.76. The highest BCUT2D eigenvalue weighted by atomic mass is 35.5. The van der Waals surface area contributed by atoms with Crippen LogP contribution in [0.2, 0.25) is 10.0 Å². The summed E-state index contributed by atoms with van der Waals surface area (Å²) in [5.41, 5.74) is 1.17. The molecule has 2 aromatic rings. The van der Waals surface area contributed by atoms with Crippen molar-refractivity contribution in [1.29, 1.82) is 5.26 Å². The van der Waals surface area contributed by atoms with E-state index < -0.39 is 4.92 Å². The zero-order valence-corrected chi connectivity index (χ0v) is 12.1. The van der Waals surface area contributed by atoms with Crippen LogP contribution in [0.25, 0.3) is 0 Å². The van der Waals surface area contributed by atoms with Crippen LogP contribution >= 0.6 is 23.2 Å². The molecule has 0 aliphatic carbocycles. The molecule has 0 saturated heterocycles. The van der Waals surface area contributed by atoms with Crippen LogP contribution in [-0.4, -0.2) is 4.92 Å². The van der Waals surface area contributed by atoms with Gasteiger partial charge in [-0.1, -0.05) is 35.3 Å². The molecule has 0 unspecified atom stereocenters. The Kier molecular flexibility index (Phi) is 4.63. The smallest absolute Gasteiger partial charge is 0.272 e. The second-order valence-corrected chi connectivity index (χ2v) is 4.91. The van der Waals surface area contributed by atoms with Gasteiger partial charge in [0.15, 0.2) is 5.75 Å². The molecule has 106 valence electrons. The van der Waals surface area contributed by atoms with Crippen molar-refractivity contribution < 1.29 is 9.66 Å². The first-order chi connectivity index (χ1) is 10.0. The second kappa shape index (κ2) is 6.44. The minimum Gasteiger partial charge on any atom is -0.486 e. The maximum atomic E-state index is 10.7. The summed E-state index contributed by atoms with van der Waals surface area (Å²) in [7, 11) is 0. The highest BCUT2D eigenvalue weighted by Crippen LogP contribution is 2.37. The summed E-state index contributed by atoms with van der Waals surface area (Å²) in [5, 5.41) is 19.5. The second-order valence-electron chi connectivity index (χ2n) is 4.09. The Morgan fingerprint density at radius 2 is 1.76 bits per heavy atom. The predicted octanol–water partition coefficient (Wildman–Crippen LogP) is 4.35. The highest BCUT2D eigenvalue weighted by Gasteiger charge is 2.15. The van der Waals surface area contributed by atoms with Crippen molar-refractivity contribution in [3.8, 4) is 11.8 Å². The maximum Gasteiger partial charge on any atom is 0.272 e. The van der Waals surface area contributed by atoms with Gasteiger partial charge in [0.05, 0.1) is 26.6 Å². The number of nitriles is 1. The number of benzene rings is 2. The lowest BCUT2D eigenvalue weighted by molar-refractivity contribution is -0.384. The van der Waals surface area contributed by atoms with Gasteiger partial charge in [0.25, 0.3) is 5.69 Å². The van der Waals surface area contributed by atoms with E-state index in [0.29, 0.717) is 5.56 Å². The zero-order chi connectivity index (χ0) is 15.4. The van der Waals surface area contributed by atoms with Gasteiger partial charge in [0, 0.05) is 12.1 Å². The van der Waals surface area contributed by atoms with Gasteiger partial charge in [-0.05, 0) is 17.7 Å². The fourth-order valence-corrected chi connectivity index (χ4v) is 2.21. The number of hydrogen-bond acceptors (Lipinski definition) is 4. The molecule has 0 aromatic heterocycles. The van der Waals surface area contributed by atoms with Gasteiger partial charge in [0.2, 0.25) is 0 Å². The number of halogens is 2. The molecule has 0 aliphatic rings. The largest absolute Gasteiger partial charge is 0.486 e. The van der Waals surface area contributed by atoms with Gasteiger partial charge < -0.3 is 4.74 Å². The van der Waals surface area contributed by atoms with Crippen LogP contribution in [0.15, 0.2) is 36.4 Å². The molecule has 0 N–H and O–H groups in total. The Morgan fingerprint density at radius 3 is 2.24 bits per heavy atom. The number of non-ortho nitro benzene ring substituents is 1. The van der Waals surface area contributed by atoms with E-state index in [1.807, 2.05) is 6.07 Å². The van der Waals surface area contributed by atoms with E-state index in [0.717, 1.165) is 5.56 Å². The summed E-state index contributed by atoms with van der Waals surface area (Å²) < 4.78 is 5.49. The predicted molar refractivity (Wildman–Crippen MR) is 78.6 cm³/mol. The molecule has 0 bridgehead atoms. The van der Waals surface area contributed by atoms with E-state index >= 15 is 0 Å². The lowest BCUT2D eigenvalue weighted by Crippen LogP contribution is -1.98. The fraction of sp³-hybridized carbons (Fsp3) is 0.0714. The van der Waals surface area contributed by atoms with Gasteiger partial charge in [-0.3, -0.25) is 10.1 Å². The molecule has 0 fully saturated rings. The molecule has 0 radical (unpaired) electrons. The molecular formula is C14H8Cl2N2O3. The summed E-state index contributed by atoms with van der Waals surface area (Å²) in [6.07, 6.45) is 0. The third-order valence-electron chi connectivity index (χ3n) is 2.66. The summed E-state index contributed by atoms with van der Waals surface area (Å²) in [5.74, 6) is 0.188. The van der Waals surface area contributed by atoms with Crippen LogP contribution in [-0.2, 0) is 6.61 Å².